The molecular weight excluding hydrogens is 260 g/mol. The lowest BCUT2D eigenvalue weighted by Crippen LogP contribution is -2.02. The molecule has 0 aliphatic rings. The van der Waals surface area contributed by atoms with Crippen LogP contribution in [0.3, 0.4) is 0 Å². The number of hydrogen-bond donors (Lipinski definition) is 0. The Morgan fingerprint density at radius 2 is 2.05 bits per heavy atom. The van der Waals surface area contributed by atoms with Crippen LogP contribution < -0.4 is 5.63 Å². The summed E-state index contributed by atoms with van der Waals surface area (Å²) in [6, 6.07) is 3.59. The van der Waals surface area contributed by atoms with Crippen LogP contribution in [0.4, 0.5) is 0 Å². The van der Waals surface area contributed by atoms with Crippen molar-refractivity contribution in [1.82, 2.24) is 0 Å². The van der Waals surface area contributed by atoms with E-state index in [4.69, 9.17) is 9.15 Å². The van der Waals surface area contributed by atoms with Crippen molar-refractivity contribution < 1.29 is 9.15 Å². The number of aryl methyl sites for hydroxylation is 2. The van der Waals surface area contributed by atoms with Gasteiger partial charge in [-0.2, -0.15) is 0 Å². The quantitative estimate of drug-likeness (QED) is 0.668. The Bertz CT molecular complexity index is 827. The SMILES string of the molecule is COCc1cc(=O)oc2c1cc(C)c1scc(C)c12. The molecule has 0 saturated carbocycles. The highest BCUT2D eigenvalue weighted by Crippen LogP contribution is 2.35. The summed E-state index contributed by atoms with van der Waals surface area (Å²) in [6.45, 7) is 4.54. The van der Waals surface area contributed by atoms with E-state index < -0.39 is 0 Å². The average Bonchev–Trinajstić information content (AvgIpc) is 2.75. The fraction of sp³-hybridized carbons (Fsp3) is 0.267. The first-order chi connectivity index (χ1) is 9.11. The maximum absolute atomic E-state index is 11.7. The molecule has 3 rings (SSSR count). The van der Waals surface area contributed by atoms with E-state index in [0.29, 0.717) is 12.2 Å². The predicted molar refractivity (Wildman–Crippen MR) is 78.1 cm³/mol. The minimum atomic E-state index is -0.324. The first kappa shape index (κ1) is 12.4. The van der Waals surface area contributed by atoms with E-state index in [-0.39, 0.29) is 5.63 Å². The molecule has 0 atom stereocenters. The topological polar surface area (TPSA) is 39.4 Å². The number of thiophene rings is 1. The summed E-state index contributed by atoms with van der Waals surface area (Å²) >= 11 is 1.69. The molecule has 0 fully saturated rings. The van der Waals surface area contributed by atoms with Crippen molar-refractivity contribution >= 4 is 32.4 Å². The molecular formula is C15H14O3S. The van der Waals surface area contributed by atoms with Crippen molar-refractivity contribution in [2.75, 3.05) is 7.11 Å². The number of methoxy groups -OCH3 is 1. The molecule has 0 radical (unpaired) electrons. The van der Waals surface area contributed by atoms with Gasteiger partial charge in [-0.25, -0.2) is 4.79 Å². The number of benzene rings is 1. The molecule has 3 aromatic rings. The summed E-state index contributed by atoms with van der Waals surface area (Å²) < 4.78 is 11.8. The van der Waals surface area contributed by atoms with Crippen LogP contribution in [-0.4, -0.2) is 7.11 Å². The van der Waals surface area contributed by atoms with Gasteiger partial charge < -0.3 is 9.15 Å². The van der Waals surface area contributed by atoms with Gasteiger partial charge in [-0.1, -0.05) is 0 Å². The summed E-state index contributed by atoms with van der Waals surface area (Å²) in [5.41, 5.74) is 3.58. The van der Waals surface area contributed by atoms with Gasteiger partial charge in [-0.05, 0) is 42.0 Å². The Hall–Kier alpha value is -1.65. The molecule has 98 valence electrons. The molecule has 0 amide bonds. The lowest BCUT2D eigenvalue weighted by molar-refractivity contribution is 0.185. The molecule has 1 aromatic carbocycles. The molecule has 2 heterocycles. The van der Waals surface area contributed by atoms with Gasteiger partial charge in [0.15, 0.2) is 0 Å². The van der Waals surface area contributed by atoms with Crippen LogP contribution in [-0.2, 0) is 11.3 Å². The first-order valence-electron chi connectivity index (χ1n) is 6.05. The van der Waals surface area contributed by atoms with Crippen LogP contribution >= 0.6 is 11.3 Å². The highest BCUT2D eigenvalue weighted by atomic mass is 32.1. The smallest absolute Gasteiger partial charge is 0.336 e. The van der Waals surface area contributed by atoms with Crippen LogP contribution in [0.25, 0.3) is 21.1 Å². The number of ether oxygens (including phenoxy) is 1. The summed E-state index contributed by atoms with van der Waals surface area (Å²) in [7, 11) is 1.63. The molecule has 2 aromatic heterocycles. The number of fused-ring (bicyclic) bond motifs is 3. The number of rotatable bonds is 2. The lowest BCUT2D eigenvalue weighted by Gasteiger charge is -2.07. The fourth-order valence-corrected chi connectivity index (χ4v) is 3.50. The molecule has 0 spiro atoms. The van der Waals surface area contributed by atoms with Gasteiger partial charge in [-0.3, -0.25) is 0 Å². The van der Waals surface area contributed by atoms with Crippen LogP contribution in [0, 0.1) is 13.8 Å². The van der Waals surface area contributed by atoms with E-state index in [9.17, 15) is 4.79 Å². The first-order valence-corrected chi connectivity index (χ1v) is 6.93. The van der Waals surface area contributed by atoms with Gasteiger partial charge in [0, 0.05) is 28.6 Å². The van der Waals surface area contributed by atoms with Crippen molar-refractivity contribution in [1.29, 1.82) is 0 Å². The van der Waals surface area contributed by atoms with Crippen molar-refractivity contribution in [3.8, 4) is 0 Å². The summed E-state index contributed by atoms with van der Waals surface area (Å²) in [4.78, 5) is 11.7. The highest BCUT2D eigenvalue weighted by Gasteiger charge is 2.14. The van der Waals surface area contributed by atoms with Crippen molar-refractivity contribution in [2.24, 2.45) is 0 Å². The van der Waals surface area contributed by atoms with Crippen LogP contribution in [0.1, 0.15) is 16.7 Å². The van der Waals surface area contributed by atoms with Gasteiger partial charge in [0.25, 0.3) is 0 Å². The van der Waals surface area contributed by atoms with E-state index in [1.807, 2.05) is 6.92 Å². The maximum atomic E-state index is 11.7. The Morgan fingerprint density at radius 3 is 2.79 bits per heavy atom. The van der Waals surface area contributed by atoms with E-state index in [2.05, 4.69) is 18.4 Å². The van der Waals surface area contributed by atoms with Gasteiger partial charge >= 0.3 is 5.63 Å². The summed E-state index contributed by atoms with van der Waals surface area (Å²) in [6.07, 6.45) is 0. The van der Waals surface area contributed by atoms with Gasteiger partial charge in [0.05, 0.1) is 6.61 Å². The zero-order valence-electron chi connectivity index (χ0n) is 11.1. The third kappa shape index (κ3) is 1.88. The monoisotopic (exact) mass is 274 g/mol. The van der Waals surface area contributed by atoms with E-state index in [0.717, 1.165) is 21.9 Å². The van der Waals surface area contributed by atoms with Crippen LogP contribution in [0.2, 0.25) is 0 Å². The largest absolute Gasteiger partial charge is 0.422 e. The maximum Gasteiger partial charge on any atom is 0.336 e. The highest BCUT2D eigenvalue weighted by molar-refractivity contribution is 7.17. The normalized spacial score (nSPS) is 11.5. The zero-order chi connectivity index (χ0) is 13.6. The molecule has 0 aliphatic carbocycles. The van der Waals surface area contributed by atoms with Gasteiger partial charge in [0.1, 0.15) is 5.58 Å². The third-order valence-corrected chi connectivity index (χ3v) is 4.54. The second-order valence-electron chi connectivity index (χ2n) is 4.72. The number of hydrogen-bond acceptors (Lipinski definition) is 4. The van der Waals surface area contributed by atoms with Gasteiger partial charge in [0.2, 0.25) is 0 Å². The molecule has 0 saturated heterocycles. The average molecular weight is 274 g/mol. The van der Waals surface area contributed by atoms with Gasteiger partial charge in [-0.15, -0.1) is 11.3 Å². The second-order valence-corrected chi connectivity index (χ2v) is 5.60. The minimum absolute atomic E-state index is 0.324. The lowest BCUT2D eigenvalue weighted by atomic mass is 10.0. The van der Waals surface area contributed by atoms with Crippen LogP contribution in [0.15, 0.2) is 26.7 Å². The van der Waals surface area contributed by atoms with Crippen LogP contribution in [0.5, 0.6) is 0 Å². The van der Waals surface area contributed by atoms with E-state index in [1.165, 1.54) is 16.3 Å². The third-order valence-electron chi connectivity index (χ3n) is 3.31. The van der Waals surface area contributed by atoms with E-state index in [1.54, 1.807) is 18.4 Å². The van der Waals surface area contributed by atoms with E-state index >= 15 is 0 Å². The Kier molecular flexibility index (Phi) is 2.92. The Morgan fingerprint density at radius 1 is 1.26 bits per heavy atom. The molecule has 0 bridgehead atoms. The molecule has 4 heteroatoms. The molecule has 0 unspecified atom stereocenters. The molecule has 19 heavy (non-hydrogen) atoms. The second kappa shape index (κ2) is 4.47. The molecule has 0 N–H and O–H groups in total. The van der Waals surface area contributed by atoms with Crippen molar-refractivity contribution in [2.45, 2.75) is 20.5 Å². The zero-order valence-corrected chi connectivity index (χ0v) is 11.9. The Balaban J connectivity index is 2.55. The predicted octanol–water partition coefficient (Wildman–Crippen LogP) is 3.77. The minimum Gasteiger partial charge on any atom is -0.422 e. The summed E-state index contributed by atoms with van der Waals surface area (Å²) in [5.74, 6) is 0. The van der Waals surface area contributed by atoms with Crippen molar-refractivity contribution in [3.05, 3.63) is 44.6 Å². The molecule has 3 nitrogen and oxygen atoms in total. The molecule has 0 aliphatic heterocycles. The van der Waals surface area contributed by atoms with Crippen molar-refractivity contribution in [3.63, 3.8) is 0 Å². The standard InChI is InChI=1S/C15H14O3S/c1-8-4-11-10(6-17-3)5-12(16)18-14(11)13-9(2)7-19-15(8)13/h4-5,7H,6H2,1-3H3. The summed E-state index contributed by atoms with van der Waals surface area (Å²) in [5, 5.41) is 4.11. The Labute approximate surface area is 114 Å². The fourth-order valence-electron chi connectivity index (χ4n) is 2.47.